The van der Waals surface area contributed by atoms with Gasteiger partial charge in [-0.2, -0.15) is 0 Å². The molecule has 0 aromatic heterocycles. The molecule has 0 heterocycles. The predicted molar refractivity (Wildman–Crippen MR) is 56.4 cm³/mol. The van der Waals surface area contributed by atoms with Gasteiger partial charge in [0.25, 0.3) is 0 Å². The second kappa shape index (κ2) is 11.2. The SMILES string of the molecule is O=C(CO)[C@@H](O)[C@H](O)[C@H](O)CO.O=CC(O)CO. The van der Waals surface area contributed by atoms with E-state index in [4.69, 9.17) is 35.7 Å². The summed E-state index contributed by atoms with van der Waals surface area (Å²) in [5.41, 5.74) is 0. The summed E-state index contributed by atoms with van der Waals surface area (Å²) >= 11 is 0. The van der Waals surface area contributed by atoms with Gasteiger partial charge in [-0.15, -0.1) is 0 Å². The van der Waals surface area contributed by atoms with E-state index in [2.05, 4.69) is 0 Å². The quantitative estimate of drug-likeness (QED) is 0.224. The standard InChI is InChI=1S/C6H12O6.C3H6O3/c7-1-3(9)5(11)6(12)4(10)2-8;4-1-3(6)2-5/h3,5-9,11-12H,1-2H2;1,3,5-6H,2H2/t3-,5-,6-;/m1./s1. The Balaban J connectivity index is 0. The molecule has 0 bridgehead atoms. The van der Waals surface area contributed by atoms with Crippen LogP contribution in [0.2, 0.25) is 0 Å². The van der Waals surface area contributed by atoms with Gasteiger partial charge >= 0.3 is 0 Å². The number of aldehydes is 1. The Labute approximate surface area is 103 Å². The van der Waals surface area contributed by atoms with E-state index >= 15 is 0 Å². The van der Waals surface area contributed by atoms with Gasteiger partial charge in [0.15, 0.2) is 12.1 Å². The number of ketones is 1. The van der Waals surface area contributed by atoms with Crippen molar-refractivity contribution in [3.63, 3.8) is 0 Å². The molecule has 108 valence electrons. The van der Waals surface area contributed by atoms with E-state index in [0.717, 1.165) is 0 Å². The van der Waals surface area contributed by atoms with Crippen LogP contribution in [0.5, 0.6) is 0 Å². The van der Waals surface area contributed by atoms with Crippen molar-refractivity contribution >= 4 is 12.1 Å². The van der Waals surface area contributed by atoms with Crippen molar-refractivity contribution in [1.82, 2.24) is 0 Å². The molecule has 9 heteroatoms. The van der Waals surface area contributed by atoms with Crippen LogP contribution in [-0.4, -0.2) is 92.1 Å². The number of hydrogen-bond acceptors (Lipinski definition) is 9. The molecular formula is C9H18O9. The predicted octanol–water partition coefficient (Wildman–Crippen LogP) is -4.84. The minimum absolute atomic E-state index is 0.278. The summed E-state index contributed by atoms with van der Waals surface area (Å²) in [6.45, 7) is -2.17. The molecule has 0 aliphatic rings. The lowest BCUT2D eigenvalue weighted by Crippen LogP contribution is -2.44. The van der Waals surface area contributed by atoms with E-state index in [-0.39, 0.29) is 6.29 Å². The summed E-state index contributed by atoms with van der Waals surface area (Å²) in [5.74, 6) is -1.00. The van der Waals surface area contributed by atoms with Crippen LogP contribution in [-0.2, 0) is 9.59 Å². The van der Waals surface area contributed by atoms with E-state index in [1.54, 1.807) is 0 Å². The molecule has 0 fully saturated rings. The lowest BCUT2D eigenvalue weighted by Gasteiger charge is -2.19. The first-order chi connectivity index (χ1) is 8.35. The van der Waals surface area contributed by atoms with Crippen LogP contribution in [0.1, 0.15) is 0 Å². The second-order valence-corrected chi connectivity index (χ2v) is 3.20. The smallest absolute Gasteiger partial charge is 0.189 e. The molecule has 0 spiro atoms. The summed E-state index contributed by atoms with van der Waals surface area (Å²) < 4.78 is 0. The molecule has 0 aliphatic heterocycles. The molecule has 0 amide bonds. The molecule has 0 aromatic rings. The first kappa shape index (κ1) is 19.4. The third kappa shape index (κ3) is 8.20. The van der Waals surface area contributed by atoms with Crippen LogP contribution < -0.4 is 0 Å². The number of rotatable bonds is 7. The van der Waals surface area contributed by atoms with Crippen LogP contribution in [0, 0.1) is 0 Å². The first-order valence-corrected chi connectivity index (χ1v) is 4.88. The minimum Gasteiger partial charge on any atom is -0.394 e. The molecule has 0 rings (SSSR count). The monoisotopic (exact) mass is 270 g/mol. The van der Waals surface area contributed by atoms with Gasteiger partial charge in [-0.1, -0.05) is 0 Å². The van der Waals surface area contributed by atoms with Gasteiger partial charge in [0.1, 0.15) is 31.0 Å². The van der Waals surface area contributed by atoms with Crippen LogP contribution in [0.15, 0.2) is 0 Å². The second-order valence-electron chi connectivity index (χ2n) is 3.20. The number of aliphatic hydroxyl groups excluding tert-OH is 7. The Bertz CT molecular complexity index is 232. The Kier molecular flexibility index (Phi) is 12.0. The molecule has 7 N–H and O–H groups in total. The molecule has 9 nitrogen and oxygen atoms in total. The van der Waals surface area contributed by atoms with Gasteiger partial charge in [0, 0.05) is 0 Å². The largest absolute Gasteiger partial charge is 0.394 e. The van der Waals surface area contributed by atoms with Crippen molar-refractivity contribution in [3.05, 3.63) is 0 Å². The summed E-state index contributed by atoms with van der Waals surface area (Å²) in [6, 6.07) is 0. The zero-order valence-corrected chi connectivity index (χ0v) is 9.46. The van der Waals surface area contributed by atoms with Crippen molar-refractivity contribution < 1.29 is 45.3 Å². The summed E-state index contributed by atoms with van der Waals surface area (Å²) in [7, 11) is 0. The normalized spacial score (nSPS) is 16.8. The maximum absolute atomic E-state index is 10.5. The molecule has 18 heavy (non-hydrogen) atoms. The fourth-order valence-electron chi connectivity index (χ4n) is 0.645. The number of carbonyl (C=O) groups is 2. The summed E-state index contributed by atoms with van der Waals surface area (Å²) in [6.07, 6.45) is -6.13. The van der Waals surface area contributed by atoms with Crippen molar-refractivity contribution in [2.24, 2.45) is 0 Å². The summed E-state index contributed by atoms with van der Waals surface area (Å²) in [5, 5.41) is 59.0. The van der Waals surface area contributed by atoms with E-state index < -0.39 is 50.0 Å². The fourth-order valence-corrected chi connectivity index (χ4v) is 0.645. The number of aliphatic hydroxyl groups is 7. The highest BCUT2D eigenvalue weighted by Crippen LogP contribution is 2.00. The van der Waals surface area contributed by atoms with Crippen molar-refractivity contribution in [2.75, 3.05) is 19.8 Å². The Morgan fingerprint density at radius 1 is 1.00 bits per heavy atom. The Morgan fingerprint density at radius 3 is 1.72 bits per heavy atom. The number of hydrogen-bond donors (Lipinski definition) is 7. The lowest BCUT2D eigenvalue weighted by molar-refractivity contribution is -0.142. The molecule has 0 aromatic carbocycles. The average Bonchev–Trinajstić information content (AvgIpc) is 2.43. The molecule has 0 aliphatic carbocycles. The minimum atomic E-state index is -1.86. The highest BCUT2D eigenvalue weighted by Gasteiger charge is 2.28. The Morgan fingerprint density at radius 2 is 1.50 bits per heavy atom. The van der Waals surface area contributed by atoms with Gasteiger partial charge in [-0.3, -0.25) is 4.79 Å². The van der Waals surface area contributed by atoms with Crippen LogP contribution in [0.25, 0.3) is 0 Å². The van der Waals surface area contributed by atoms with Crippen LogP contribution in [0.4, 0.5) is 0 Å². The van der Waals surface area contributed by atoms with E-state index in [9.17, 15) is 9.59 Å². The van der Waals surface area contributed by atoms with Crippen molar-refractivity contribution in [2.45, 2.75) is 24.4 Å². The van der Waals surface area contributed by atoms with E-state index in [1.165, 1.54) is 0 Å². The third-order valence-electron chi connectivity index (χ3n) is 1.73. The van der Waals surface area contributed by atoms with Crippen molar-refractivity contribution in [3.8, 4) is 0 Å². The number of Topliss-reactive ketones (excluding diaryl/α,β-unsaturated/α-hetero) is 1. The highest BCUT2D eigenvalue weighted by atomic mass is 16.4. The molecule has 0 saturated heterocycles. The van der Waals surface area contributed by atoms with Gasteiger partial charge in [0.2, 0.25) is 0 Å². The molecule has 1 unspecified atom stereocenters. The molecule has 4 atom stereocenters. The first-order valence-electron chi connectivity index (χ1n) is 4.88. The van der Waals surface area contributed by atoms with Gasteiger partial charge in [-0.25, -0.2) is 0 Å². The lowest BCUT2D eigenvalue weighted by atomic mass is 10.1. The Hall–Kier alpha value is -0.940. The maximum Gasteiger partial charge on any atom is 0.189 e. The summed E-state index contributed by atoms with van der Waals surface area (Å²) in [4.78, 5) is 19.8. The topological polar surface area (TPSA) is 176 Å². The molecular weight excluding hydrogens is 252 g/mol. The molecule has 0 radical (unpaired) electrons. The number of carbonyl (C=O) groups excluding carboxylic acids is 2. The van der Waals surface area contributed by atoms with Crippen molar-refractivity contribution in [1.29, 1.82) is 0 Å². The zero-order valence-electron chi connectivity index (χ0n) is 9.46. The van der Waals surface area contributed by atoms with Crippen LogP contribution in [0.3, 0.4) is 0 Å². The van der Waals surface area contributed by atoms with Crippen LogP contribution >= 0.6 is 0 Å². The van der Waals surface area contributed by atoms with Gasteiger partial charge in [-0.05, 0) is 0 Å². The fraction of sp³-hybridized carbons (Fsp3) is 0.778. The van der Waals surface area contributed by atoms with E-state index in [1.807, 2.05) is 0 Å². The van der Waals surface area contributed by atoms with Gasteiger partial charge in [0.05, 0.1) is 13.2 Å². The third-order valence-corrected chi connectivity index (χ3v) is 1.73. The maximum atomic E-state index is 10.5. The van der Waals surface area contributed by atoms with E-state index in [0.29, 0.717) is 0 Å². The molecule has 0 saturated carbocycles. The van der Waals surface area contributed by atoms with Gasteiger partial charge < -0.3 is 40.5 Å². The average molecular weight is 270 g/mol. The highest BCUT2D eigenvalue weighted by molar-refractivity contribution is 5.84. The zero-order chi connectivity index (χ0) is 14.7.